The standard InChI is InChI=1S/C66H44N2O/c1-2-12-45(13-3-1)52-14-10-16-57(42-52)67(56-39-34-49(35-40-56)47-26-30-51(31-27-47)54-36-41-62-61-20-6-9-23-65(61)69-66(62)44-54)55-37-32-48(33-38-55)46-24-28-50(29-25-46)53-15-11-17-58(43-53)68-63-21-7-4-18-59(63)60-19-5-8-22-64(60)68/h1-44H. The van der Waals surface area contributed by atoms with Crippen LogP contribution in [0.1, 0.15) is 0 Å². The van der Waals surface area contributed by atoms with Crippen LogP contribution in [0, 0.1) is 0 Å². The number of nitrogens with zero attached hydrogens (tertiary/aromatic N) is 2. The minimum atomic E-state index is 0.908. The molecule has 0 aliphatic rings. The molecule has 11 aromatic carbocycles. The van der Waals surface area contributed by atoms with E-state index in [1.807, 2.05) is 12.1 Å². The van der Waals surface area contributed by atoms with Crippen molar-refractivity contribution in [2.24, 2.45) is 0 Å². The summed E-state index contributed by atoms with van der Waals surface area (Å²) in [7, 11) is 0. The molecule has 13 rings (SSSR count). The monoisotopic (exact) mass is 880 g/mol. The Bertz CT molecular complexity index is 3920. The van der Waals surface area contributed by atoms with Crippen LogP contribution in [0.2, 0.25) is 0 Å². The number of para-hydroxylation sites is 3. The average Bonchev–Trinajstić information content (AvgIpc) is 3.97. The molecule has 0 saturated carbocycles. The third-order valence-corrected chi connectivity index (χ3v) is 13.6. The molecule has 2 aromatic heterocycles. The van der Waals surface area contributed by atoms with E-state index in [2.05, 4.69) is 264 Å². The Labute approximate surface area is 401 Å². The fourth-order valence-corrected chi connectivity index (χ4v) is 10.1. The van der Waals surface area contributed by atoms with Crippen molar-refractivity contribution in [3.63, 3.8) is 0 Å². The molecule has 0 spiro atoms. The van der Waals surface area contributed by atoms with Gasteiger partial charge in [0.2, 0.25) is 0 Å². The molecule has 13 aromatic rings. The van der Waals surface area contributed by atoms with Gasteiger partial charge in [0.05, 0.1) is 11.0 Å². The molecule has 0 saturated heterocycles. The molecule has 0 N–H and O–H groups in total. The van der Waals surface area contributed by atoms with E-state index >= 15 is 0 Å². The van der Waals surface area contributed by atoms with Crippen molar-refractivity contribution in [1.29, 1.82) is 0 Å². The van der Waals surface area contributed by atoms with Crippen LogP contribution in [0.15, 0.2) is 271 Å². The second-order valence-corrected chi connectivity index (χ2v) is 17.7. The highest BCUT2D eigenvalue weighted by Gasteiger charge is 2.16. The van der Waals surface area contributed by atoms with E-state index in [-0.39, 0.29) is 0 Å². The lowest BCUT2D eigenvalue weighted by Crippen LogP contribution is -2.10. The van der Waals surface area contributed by atoms with Gasteiger partial charge in [-0.3, -0.25) is 0 Å². The quantitative estimate of drug-likeness (QED) is 0.144. The number of rotatable bonds is 9. The van der Waals surface area contributed by atoms with Gasteiger partial charge in [0.1, 0.15) is 11.2 Å². The maximum absolute atomic E-state index is 6.20. The zero-order valence-electron chi connectivity index (χ0n) is 37.7. The minimum absolute atomic E-state index is 0.908. The molecule has 3 heteroatoms. The summed E-state index contributed by atoms with van der Waals surface area (Å²) in [5, 5.41) is 4.82. The molecule has 0 bridgehead atoms. The summed E-state index contributed by atoms with van der Waals surface area (Å²) in [5.41, 5.74) is 20.4. The van der Waals surface area contributed by atoms with E-state index in [1.54, 1.807) is 0 Å². The van der Waals surface area contributed by atoms with Crippen molar-refractivity contribution >= 4 is 60.8 Å². The fraction of sp³-hybridized carbons (Fsp3) is 0. The molecule has 0 aliphatic heterocycles. The molecule has 324 valence electrons. The minimum Gasteiger partial charge on any atom is -0.456 e. The summed E-state index contributed by atoms with van der Waals surface area (Å²) in [6, 6.07) is 96.1. The summed E-state index contributed by atoms with van der Waals surface area (Å²) in [6.07, 6.45) is 0. The Kier molecular flexibility index (Phi) is 9.84. The average molecular weight is 881 g/mol. The van der Waals surface area contributed by atoms with Crippen molar-refractivity contribution in [1.82, 2.24) is 4.57 Å². The van der Waals surface area contributed by atoms with E-state index in [0.29, 0.717) is 0 Å². The number of fused-ring (bicyclic) bond motifs is 6. The first-order valence-corrected chi connectivity index (χ1v) is 23.6. The van der Waals surface area contributed by atoms with Crippen LogP contribution in [0.5, 0.6) is 0 Å². The van der Waals surface area contributed by atoms with Gasteiger partial charge in [-0.25, -0.2) is 0 Å². The van der Waals surface area contributed by atoms with Crippen LogP contribution >= 0.6 is 0 Å². The topological polar surface area (TPSA) is 21.3 Å². The maximum atomic E-state index is 6.20. The lowest BCUT2D eigenvalue weighted by Gasteiger charge is -2.26. The van der Waals surface area contributed by atoms with Gasteiger partial charge in [-0.05, 0) is 134 Å². The Balaban J connectivity index is 0.790. The summed E-state index contributed by atoms with van der Waals surface area (Å²) in [4.78, 5) is 2.35. The Morgan fingerprint density at radius 3 is 1.25 bits per heavy atom. The van der Waals surface area contributed by atoms with Gasteiger partial charge in [0.15, 0.2) is 0 Å². The van der Waals surface area contributed by atoms with Crippen LogP contribution in [0.25, 0.3) is 105 Å². The molecule has 3 nitrogen and oxygen atoms in total. The van der Waals surface area contributed by atoms with Crippen molar-refractivity contribution in [3.8, 4) is 61.3 Å². The first-order valence-electron chi connectivity index (χ1n) is 23.6. The molecular formula is C66H44N2O. The largest absolute Gasteiger partial charge is 0.456 e. The number of hydrogen-bond acceptors (Lipinski definition) is 2. The van der Waals surface area contributed by atoms with Crippen LogP contribution in [0.4, 0.5) is 17.1 Å². The van der Waals surface area contributed by atoms with Gasteiger partial charge in [-0.15, -0.1) is 0 Å². The van der Waals surface area contributed by atoms with Gasteiger partial charge in [-0.1, -0.05) is 188 Å². The first-order chi connectivity index (χ1) is 34.2. The van der Waals surface area contributed by atoms with E-state index in [1.165, 1.54) is 60.8 Å². The van der Waals surface area contributed by atoms with E-state index in [9.17, 15) is 0 Å². The normalized spacial score (nSPS) is 11.5. The van der Waals surface area contributed by atoms with Crippen LogP contribution in [-0.4, -0.2) is 4.57 Å². The molecule has 69 heavy (non-hydrogen) atoms. The maximum Gasteiger partial charge on any atom is 0.136 e. The van der Waals surface area contributed by atoms with Crippen molar-refractivity contribution in [3.05, 3.63) is 267 Å². The number of benzene rings is 11. The molecular weight excluding hydrogens is 837 g/mol. The lowest BCUT2D eigenvalue weighted by molar-refractivity contribution is 0.669. The van der Waals surface area contributed by atoms with Crippen molar-refractivity contribution < 1.29 is 4.42 Å². The van der Waals surface area contributed by atoms with Crippen LogP contribution < -0.4 is 4.90 Å². The number of anilines is 3. The zero-order valence-corrected chi connectivity index (χ0v) is 37.7. The van der Waals surface area contributed by atoms with Crippen LogP contribution in [-0.2, 0) is 0 Å². The third-order valence-electron chi connectivity index (χ3n) is 13.6. The Morgan fingerprint density at radius 1 is 0.246 bits per heavy atom. The summed E-state index contributed by atoms with van der Waals surface area (Å²) < 4.78 is 8.58. The molecule has 0 fully saturated rings. The van der Waals surface area contributed by atoms with Gasteiger partial charge < -0.3 is 13.9 Å². The summed E-state index contributed by atoms with van der Waals surface area (Å²) >= 11 is 0. The number of aromatic nitrogens is 1. The van der Waals surface area contributed by atoms with E-state index < -0.39 is 0 Å². The van der Waals surface area contributed by atoms with Crippen molar-refractivity contribution in [2.75, 3.05) is 4.90 Å². The van der Waals surface area contributed by atoms with Gasteiger partial charge in [0.25, 0.3) is 0 Å². The Hall–Kier alpha value is -9.18. The van der Waals surface area contributed by atoms with E-state index in [4.69, 9.17) is 4.42 Å². The number of furan rings is 1. The second-order valence-electron chi connectivity index (χ2n) is 17.7. The van der Waals surface area contributed by atoms with Gasteiger partial charge in [-0.2, -0.15) is 0 Å². The smallest absolute Gasteiger partial charge is 0.136 e. The second kappa shape index (κ2) is 16.9. The summed E-state index contributed by atoms with van der Waals surface area (Å²) in [6.45, 7) is 0. The Morgan fingerprint density at radius 2 is 0.652 bits per heavy atom. The fourth-order valence-electron chi connectivity index (χ4n) is 10.1. The lowest BCUT2D eigenvalue weighted by atomic mass is 9.99. The zero-order chi connectivity index (χ0) is 45.7. The highest BCUT2D eigenvalue weighted by atomic mass is 16.3. The van der Waals surface area contributed by atoms with E-state index in [0.717, 1.165) is 61.4 Å². The van der Waals surface area contributed by atoms with Crippen molar-refractivity contribution in [2.45, 2.75) is 0 Å². The third kappa shape index (κ3) is 7.34. The van der Waals surface area contributed by atoms with Gasteiger partial charge >= 0.3 is 0 Å². The first kappa shape index (κ1) is 40.1. The molecule has 0 unspecified atom stereocenters. The number of hydrogen-bond donors (Lipinski definition) is 0. The molecule has 0 atom stereocenters. The van der Waals surface area contributed by atoms with Gasteiger partial charge in [0, 0.05) is 44.3 Å². The van der Waals surface area contributed by atoms with Crippen LogP contribution in [0.3, 0.4) is 0 Å². The SMILES string of the molecule is c1ccc(-c2cccc(N(c3ccc(-c4ccc(-c5cccc(-n6c7ccccc7c7ccccc76)c5)cc4)cc3)c3ccc(-c4ccc(-c5ccc6c(c5)oc5ccccc56)cc4)cc3)c2)cc1. The molecule has 2 heterocycles. The molecule has 0 aliphatic carbocycles. The molecule has 0 radical (unpaired) electrons. The predicted octanol–water partition coefficient (Wildman–Crippen LogP) is 18.5. The highest BCUT2D eigenvalue weighted by Crippen LogP contribution is 2.40. The predicted molar refractivity (Wildman–Crippen MR) is 290 cm³/mol. The summed E-state index contributed by atoms with van der Waals surface area (Å²) in [5.74, 6) is 0. The highest BCUT2D eigenvalue weighted by molar-refractivity contribution is 6.09. The molecule has 0 amide bonds.